The van der Waals surface area contributed by atoms with E-state index in [4.69, 9.17) is 19.3 Å². The normalized spacial score (nSPS) is 12.9. The average Bonchev–Trinajstić information content (AvgIpc) is 2.20. The van der Waals surface area contributed by atoms with Crippen LogP contribution in [0, 0.1) is 0 Å². The summed E-state index contributed by atoms with van der Waals surface area (Å²) in [5, 5.41) is 7.95. The predicted molar refractivity (Wildman–Crippen MR) is 58.1 cm³/mol. The van der Waals surface area contributed by atoms with E-state index in [2.05, 4.69) is 4.33 Å². The molecule has 0 aliphatic rings. The Morgan fingerprint density at radius 2 is 1.80 bits per heavy atom. The molecule has 8 heteroatoms. The molecule has 92 valence electrons. The van der Waals surface area contributed by atoms with Crippen LogP contribution in [0.2, 0.25) is 0 Å². The molecule has 0 aliphatic heterocycles. The van der Waals surface area contributed by atoms with Crippen molar-refractivity contribution in [2.45, 2.75) is 6.42 Å². The maximum Gasteiger partial charge on any atom is 0.155 e. The molecule has 0 spiro atoms. The fraction of sp³-hybridized carbons (Fsp3) is 1.00. The summed E-state index contributed by atoms with van der Waals surface area (Å²) in [4.78, 5) is 0. The van der Waals surface area contributed by atoms with Crippen LogP contribution in [0.4, 0.5) is 0 Å². The lowest BCUT2D eigenvalue weighted by atomic mass is 10.5. The van der Waals surface area contributed by atoms with Gasteiger partial charge in [-0.15, -0.1) is 0 Å². The van der Waals surface area contributed by atoms with Crippen molar-refractivity contribution in [2.75, 3.05) is 37.9 Å². The summed E-state index contributed by atoms with van der Waals surface area (Å²) < 4.78 is 32.6. The van der Waals surface area contributed by atoms with E-state index in [0.717, 1.165) is 18.5 Å². The van der Waals surface area contributed by atoms with Gasteiger partial charge in [0.15, 0.2) is 11.1 Å². The van der Waals surface area contributed by atoms with Crippen LogP contribution in [-0.4, -0.2) is 52.0 Å². The van der Waals surface area contributed by atoms with Gasteiger partial charge in [-0.3, -0.25) is 0 Å². The lowest BCUT2D eigenvalue weighted by Gasteiger charge is -2.03. The van der Waals surface area contributed by atoms with Crippen LogP contribution >= 0.6 is 12.0 Å². The Bertz CT molecular complexity index is 156. The monoisotopic (exact) mass is 260 g/mol. The quantitative estimate of drug-likeness (QED) is 0.186. The largest absolute Gasteiger partial charge is 0.380 e. The highest BCUT2D eigenvalue weighted by Crippen LogP contribution is 1.97. The molecular weight excluding hydrogens is 244 g/mol. The molecule has 6 nitrogen and oxygen atoms in total. The molecular formula is C7H16O6S2. The van der Waals surface area contributed by atoms with Crippen molar-refractivity contribution in [1.82, 2.24) is 0 Å². The molecule has 0 saturated heterocycles. The van der Waals surface area contributed by atoms with Crippen LogP contribution in [0.25, 0.3) is 0 Å². The van der Waals surface area contributed by atoms with Gasteiger partial charge in [-0.05, 0) is 6.42 Å². The minimum atomic E-state index is -1.77. The average molecular weight is 260 g/mol. The molecule has 2 N–H and O–H groups in total. The summed E-state index contributed by atoms with van der Waals surface area (Å²) in [6.07, 6.45) is 0.739. The lowest BCUT2D eigenvalue weighted by Crippen LogP contribution is -2.08. The first-order valence-corrected chi connectivity index (χ1v) is 6.62. The molecule has 0 radical (unpaired) electrons. The standard InChI is InChI=1S/C7H16O6S2/c8-13-14-6-4-11-2-1-3-12-5-7-15(9)10/h8H,1-7H2,(H,9,10). The van der Waals surface area contributed by atoms with Crippen molar-refractivity contribution in [3.63, 3.8) is 0 Å². The molecule has 0 aromatic carbocycles. The van der Waals surface area contributed by atoms with Crippen molar-refractivity contribution in [3.8, 4) is 0 Å². The van der Waals surface area contributed by atoms with E-state index in [9.17, 15) is 4.21 Å². The van der Waals surface area contributed by atoms with Crippen LogP contribution < -0.4 is 0 Å². The van der Waals surface area contributed by atoms with E-state index in [1.165, 1.54) is 0 Å². The summed E-state index contributed by atoms with van der Waals surface area (Å²) in [7, 11) is 0. The molecule has 0 fully saturated rings. The smallest absolute Gasteiger partial charge is 0.155 e. The van der Waals surface area contributed by atoms with E-state index in [1.807, 2.05) is 0 Å². The summed E-state index contributed by atoms with van der Waals surface area (Å²) in [6, 6.07) is 0. The molecule has 1 unspecified atom stereocenters. The third-order valence-corrected chi connectivity index (χ3v) is 2.30. The van der Waals surface area contributed by atoms with Crippen molar-refractivity contribution in [1.29, 1.82) is 0 Å². The first kappa shape index (κ1) is 15.3. The van der Waals surface area contributed by atoms with Gasteiger partial charge in [0.25, 0.3) is 0 Å². The fourth-order valence-electron chi connectivity index (χ4n) is 0.728. The van der Waals surface area contributed by atoms with E-state index in [1.54, 1.807) is 0 Å². The SMILES string of the molecule is O=S(O)CCOCCCOCCSOO. The molecule has 0 aliphatic carbocycles. The van der Waals surface area contributed by atoms with Crippen LogP contribution in [-0.2, 0) is 24.9 Å². The zero-order valence-electron chi connectivity index (χ0n) is 8.29. The van der Waals surface area contributed by atoms with Crippen LogP contribution in [0.3, 0.4) is 0 Å². The minimum Gasteiger partial charge on any atom is -0.380 e. The third kappa shape index (κ3) is 14.3. The molecule has 0 aromatic rings. The van der Waals surface area contributed by atoms with Crippen molar-refractivity contribution in [2.24, 2.45) is 0 Å². The second kappa shape index (κ2) is 12.4. The van der Waals surface area contributed by atoms with E-state index in [0.29, 0.717) is 25.6 Å². The Hall–Kier alpha value is 0.300. The van der Waals surface area contributed by atoms with E-state index >= 15 is 0 Å². The van der Waals surface area contributed by atoms with Crippen LogP contribution in [0.1, 0.15) is 6.42 Å². The Morgan fingerprint density at radius 1 is 1.13 bits per heavy atom. The molecule has 0 bridgehead atoms. The first-order valence-electron chi connectivity index (χ1n) is 4.43. The molecule has 0 heterocycles. The maximum atomic E-state index is 10.2. The van der Waals surface area contributed by atoms with Crippen LogP contribution in [0.5, 0.6) is 0 Å². The van der Waals surface area contributed by atoms with Gasteiger partial charge >= 0.3 is 0 Å². The minimum absolute atomic E-state index is 0.144. The highest BCUT2D eigenvalue weighted by atomic mass is 32.2. The fourth-order valence-corrected chi connectivity index (χ4v) is 1.25. The van der Waals surface area contributed by atoms with Gasteiger partial charge in [0, 0.05) is 31.0 Å². The Labute approximate surface area is 95.7 Å². The van der Waals surface area contributed by atoms with Gasteiger partial charge < -0.3 is 14.0 Å². The van der Waals surface area contributed by atoms with E-state index in [-0.39, 0.29) is 12.4 Å². The topological polar surface area (TPSA) is 85.2 Å². The van der Waals surface area contributed by atoms with Gasteiger partial charge in [-0.25, -0.2) is 9.47 Å². The second-order valence-corrected chi connectivity index (χ2v) is 4.34. The number of hydrogen-bond acceptors (Lipinski definition) is 6. The lowest BCUT2D eigenvalue weighted by molar-refractivity contribution is -0.116. The highest BCUT2D eigenvalue weighted by Gasteiger charge is 1.94. The third-order valence-electron chi connectivity index (χ3n) is 1.34. The van der Waals surface area contributed by atoms with Crippen molar-refractivity contribution in [3.05, 3.63) is 0 Å². The highest BCUT2D eigenvalue weighted by molar-refractivity contribution is 7.94. The Kier molecular flexibility index (Phi) is 12.6. The molecule has 15 heavy (non-hydrogen) atoms. The molecule has 0 saturated carbocycles. The van der Waals surface area contributed by atoms with Gasteiger partial charge in [0.2, 0.25) is 0 Å². The van der Waals surface area contributed by atoms with Crippen LogP contribution in [0.15, 0.2) is 0 Å². The molecule has 0 amide bonds. The first-order chi connectivity index (χ1) is 7.27. The van der Waals surface area contributed by atoms with Crippen molar-refractivity contribution < 1.29 is 27.8 Å². The number of rotatable bonds is 11. The maximum absolute atomic E-state index is 10.2. The summed E-state index contributed by atoms with van der Waals surface area (Å²) in [5.41, 5.74) is 0. The summed E-state index contributed by atoms with van der Waals surface area (Å²) >= 11 is -0.854. The van der Waals surface area contributed by atoms with Gasteiger partial charge in [-0.2, -0.15) is 4.33 Å². The zero-order valence-corrected chi connectivity index (χ0v) is 9.93. The molecule has 0 rings (SSSR count). The zero-order chi connectivity index (χ0) is 11.4. The number of ether oxygens (including phenoxy) is 2. The summed E-state index contributed by atoms with van der Waals surface area (Å²) in [5.74, 6) is 0.714. The predicted octanol–water partition coefficient (Wildman–Crippen LogP) is 0.769. The Morgan fingerprint density at radius 3 is 2.40 bits per heavy atom. The van der Waals surface area contributed by atoms with Gasteiger partial charge in [0.1, 0.15) is 0 Å². The summed E-state index contributed by atoms with van der Waals surface area (Å²) in [6.45, 7) is 1.87. The van der Waals surface area contributed by atoms with Gasteiger partial charge in [-0.1, -0.05) is 0 Å². The Balaban J connectivity index is 2.89. The van der Waals surface area contributed by atoms with E-state index < -0.39 is 11.1 Å². The number of hydrogen-bond donors (Lipinski definition) is 2. The molecule has 1 atom stereocenters. The molecule has 0 aromatic heterocycles. The van der Waals surface area contributed by atoms with Crippen molar-refractivity contribution >= 4 is 23.1 Å². The van der Waals surface area contributed by atoms with Gasteiger partial charge in [0.05, 0.1) is 19.0 Å². The second-order valence-electron chi connectivity index (χ2n) is 2.50.